The molecule has 0 heterocycles. The Hall–Kier alpha value is -1.42. The van der Waals surface area contributed by atoms with Gasteiger partial charge in [0.25, 0.3) is 0 Å². The Balaban J connectivity index is 3.17. The van der Waals surface area contributed by atoms with Crippen molar-refractivity contribution in [1.29, 1.82) is 0 Å². The molecule has 110 valence electrons. The minimum Gasteiger partial charge on any atom is -0.316 e. The van der Waals surface area contributed by atoms with Crippen molar-refractivity contribution in [3.63, 3.8) is 0 Å². The number of terminal acetylenes is 1. The molecule has 0 unspecified atom stereocenters. The van der Waals surface area contributed by atoms with E-state index >= 15 is 0 Å². The van der Waals surface area contributed by atoms with Crippen LogP contribution in [0.3, 0.4) is 0 Å². The Bertz CT molecular complexity index is 594. The summed E-state index contributed by atoms with van der Waals surface area (Å²) in [4.78, 5) is -0.332. The third-order valence-corrected chi connectivity index (χ3v) is 4.61. The molecule has 0 aromatic heterocycles. The van der Waals surface area contributed by atoms with Crippen molar-refractivity contribution >= 4 is 10.0 Å². The van der Waals surface area contributed by atoms with Crippen molar-refractivity contribution in [1.82, 2.24) is 9.62 Å². The second kappa shape index (κ2) is 7.39. The summed E-state index contributed by atoms with van der Waals surface area (Å²) < 4.78 is 39.9. The zero-order valence-corrected chi connectivity index (χ0v) is 12.5. The maximum absolute atomic E-state index is 14.0. The van der Waals surface area contributed by atoms with Crippen LogP contribution < -0.4 is 5.32 Å². The highest BCUT2D eigenvalue weighted by Gasteiger charge is 2.26. The van der Waals surface area contributed by atoms with E-state index in [1.807, 2.05) is 6.92 Å². The van der Waals surface area contributed by atoms with Crippen LogP contribution in [0, 0.1) is 18.2 Å². The van der Waals surface area contributed by atoms with Crippen LogP contribution in [0.15, 0.2) is 23.1 Å². The van der Waals surface area contributed by atoms with Crippen LogP contribution in [0.1, 0.15) is 18.9 Å². The summed E-state index contributed by atoms with van der Waals surface area (Å²) in [6.45, 7) is 2.52. The molecule has 0 fully saturated rings. The third kappa shape index (κ3) is 3.79. The molecule has 1 aromatic rings. The van der Waals surface area contributed by atoms with Gasteiger partial charge in [-0.3, -0.25) is 0 Å². The van der Waals surface area contributed by atoms with Crippen LogP contribution in [0.5, 0.6) is 0 Å². The molecular weight excluding hydrogens is 279 g/mol. The molecule has 1 rings (SSSR count). The fourth-order valence-corrected chi connectivity index (χ4v) is 3.33. The van der Waals surface area contributed by atoms with Gasteiger partial charge in [0.2, 0.25) is 10.0 Å². The standard InChI is InChI=1S/C14H19FN2O2S/c1-4-8-17(9-5-2)20(18,19)14-7-6-12(11-16-3)10-13(14)15/h1,6-7,10,16H,5,8-9,11H2,2-3H3. The molecule has 20 heavy (non-hydrogen) atoms. The van der Waals surface area contributed by atoms with Gasteiger partial charge >= 0.3 is 0 Å². The number of benzene rings is 1. The molecule has 0 aliphatic carbocycles. The Labute approximate surface area is 120 Å². The van der Waals surface area contributed by atoms with Gasteiger partial charge in [-0.1, -0.05) is 18.9 Å². The highest BCUT2D eigenvalue weighted by Crippen LogP contribution is 2.20. The lowest BCUT2D eigenvalue weighted by Gasteiger charge is -2.19. The van der Waals surface area contributed by atoms with Crippen molar-refractivity contribution in [3.8, 4) is 12.3 Å². The molecule has 4 nitrogen and oxygen atoms in total. The number of sulfonamides is 1. The van der Waals surface area contributed by atoms with Gasteiger partial charge in [-0.15, -0.1) is 6.42 Å². The predicted octanol–water partition coefficient (Wildman–Crippen LogP) is 1.58. The SMILES string of the molecule is C#CCN(CCC)S(=O)(=O)c1ccc(CNC)cc1F. The van der Waals surface area contributed by atoms with Gasteiger partial charge in [0.05, 0.1) is 6.54 Å². The van der Waals surface area contributed by atoms with E-state index < -0.39 is 15.8 Å². The highest BCUT2D eigenvalue weighted by atomic mass is 32.2. The first kappa shape index (κ1) is 16.6. The fraction of sp³-hybridized carbons (Fsp3) is 0.429. The zero-order chi connectivity index (χ0) is 15.2. The van der Waals surface area contributed by atoms with Crippen molar-refractivity contribution in [2.45, 2.75) is 24.8 Å². The molecule has 0 bridgehead atoms. The van der Waals surface area contributed by atoms with Gasteiger partial charge in [-0.05, 0) is 31.2 Å². The lowest BCUT2D eigenvalue weighted by atomic mass is 10.2. The summed E-state index contributed by atoms with van der Waals surface area (Å²) in [7, 11) is -2.16. The van der Waals surface area contributed by atoms with Crippen molar-refractivity contribution in [2.24, 2.45) is 0 Å². The molecule has 0 amide bonds. The number of nitrogens with zero attached hydrogens (tertiary/aromatic N) is 1. The fourth-order valence-electron chi connectivity index (χ4n) is 1.84. The van der Waals surface area contributed by atoms with Crippen LogP contribution in [0.25, 0.3) is 0 Å². The second-order valence-corrected chi connectivity index (χ2v) is 6.24. The van der Waals surface area contributed by atoms with Crippen molar-refractivity contribution in [3.05, 3.63) is 29.6 Å². The first-order chi connectivity index (χ1) is 9.47. The van der Waals surface area contributed by atoms with E-state index in [-0.39, 0.29) is 18.0 Å². The molecule has 0 aliphatic rings. The molecule has 0 atom stereocenters. The minimum absolute atomic E-state index is 0.0616. The first-order valence-corrected chi connectivity index (χ1v) is 7.78. The molecule has 0 saturated heterocycles. The first-order valence-electron chi connectivity index (χ1n) is 6.34. The molecule has 0 saturated carbocycles. The third-order valence-electron chi connectivity index (χ3n) is 2.74. The number of nitrogens with one attached hydrogen (secondary N) is 1. The van der Waals surface area contributed by atoms with Crippen LogP contribution in [0.4, 0.5) is 4.39 Å². The monoisotopic (exact) mass is 298 g/mol. The number of halogens is 1. The van der Waals surface area contributed by atoms with E-state index in [0.717, 1.165) is 4.31 Å². The molecule has 1 N–H and O–H groups in total. The van der Waals surface area contributed by atoms with Crippen LogP contribution in [0.2, 0.25) is 0 Å². The van der Waals surface area contributed by atoms with Gasteiger partial charge in [0.1, 0.15) is 10.7 Å². The summed E-state index contributed by atoms with van der Waals surface area (Å²) in [6.07, 6.45) is 5.79. The van der Waals surface area contributed by atoms with Gasteiger partial charge < -0.3 is 5.32 Å². The van der Waals surface area contributed by atoms with Gasteiger partial charge in [0.15, 0.2) is 0 Å². The topological polar surface area (TPSA) is 49.4 Å². The smallest absolute Gasteiger partial charge is 0.246 e. The molecule has 6 heteroatoms. The maximum Gasteiger partial charge on any atom is 0.246 e. The summed E-state index contributed by atoms with van der Waals surface area (Å²) in [6, 6.07) is 4.10. The second-order valence-electron chi connectivity index (χ2n) is 4.34. The Kier molecular flexibility index (Phi) is 6.14. The van der Waals surface area contributed by atoms with Crippen molar-refractivity contribution < 1.29 is 12.8 Å². The van der Waals surface area contributed by atoms with Crippen molar-refractivity contribution in [2.75, 3.05) is 20.1 Å². The normalized spacial score (nSPS) is 11.6. The summed E-state index contributed by atoms with van der Waals surface area (Å²) in [5, 5.41) is 2.88. The molecule has 1 aromatic carbocycles. The maximum atomic E-state index is 14.0. The van der Waals surface area contributed by atoms with E-state index in [4.69, 9.17) is 6.42 Å². The van der Waals surface area contributed by atoms with Gasteiger partial charge in [0, 0.05) is 13.1 Å². The lowest BCUT2D eigenvalue weighted by Crippen LogP contribution is -2.32. The van der Waals surface area contributed by atoms with Gasteiger partial charge in [-0.25, -0.2) is 12.8 Å². The quantitative estimate of drug-likeness (QED) is 0.778. The van der Waals surface area contributed by atoms with E-state index in [1.54, 1.807) is 13.1 Å². The average Bonchev–Trinajstić information content (AvgIpc) is 2.38. The Morgan fingerprint density at radius 3 is 2.65 bits per heavy atom. The minimum atomic E-state index is -3.89. The van der Waals surface area contributed by atoms with E-state index in [0.29, 0.717) is 18.5 Å². The molecular formula is C14H19FN2O2S. The van der Waals surface area contributed by atoms with E-state index in [1.165, 1.54) is 12.1 Å². The predicted molar refractivity (Wildman–Crippen MR) is 77.0 cm³/mol. The van der Waals surface area contributed by atoms with Crippen LogP contribution in [-0.2, 0) is 16.6 Å². The largest absolute Gasteiger partial charge is 0.316 e. The number of rotatable bonds is 7. The zero-order valence-electron chi connectivity index (χ0n) is 11.7. The Morgan fingerprint density at radius 1 is 1.45 bits per heavy atom. The molecule has 0 spiro atoms. The van der Waals surface area contributed by atoms with Crippen LogP contribution in [-0.4, -0.2) is 32.9 Å². The van der Waals surface area contributed by atoms with E-state index in [2.05, 4.69) is 11.2 Å². The number of hydrogen-bond donors (Lipinski definition) is 1. The van der Waals surface area contributed by atoms with E-state index in [9.17, 15) is 12.8 Å². The van der Waals surface area contributed by atoms with Gasteiger partial charge in [-0.2, -0.15) is 4.31 Å². The lowest BCUT2D eigenvalue weighted by molar-refractivity contribution is 0.440. The Morgan fingerprint density at radius 2 is 2.15 bits per heavy atom. The molecule has 0 aliphatic heterocycles. The summed E-state index contributed by atoms with van der Waals surface area (Å²) in [5.41, 5.74) is 0.683. The summed E-state index contributed by atoms with van der Waals surface area (Å²) in [5.74, 6) is 1.54. The summed E-state index contributed by atoms with van der Waals surface area (Å²) >= 11 is 0. The average molecular weight is 298 g/mol. The number of hydrogen-bond acceptors (Lipinski definition) is 3. The molecule has 0 radical (unpaired) electrons. The highest BCUT2D eigenvalue weighted by molar-refractivity contribution is 7.89. The van der Waals surface area contributed by atoms with Crippen LogP contribution >= 0.6 is 0 Å².